The van der Waals surface area contributed by atoms with Gasteiger partial charge in [0.15, 0.2) is 0 Å². The van der Waals surface area contributed by atoms with E-state index in [-0.39, 0.29) is 11.8 Å². The SMILES string of the molecule is CC(C)CC(CCc1ccccc1)C(Cc1ccccc1)(C(=O)O)C(C)C. The predicted octanol–water partition coefficient (Wildman–Crippen LogP) is 6.25. The summed E-state index contributed by atoms with van der Waals surface area (Å²) in [7, 11) is 0. The molecule has 0 aromatic heterocycles. The zero-order chi connectivity index (χ0) is 19.9. The third-order valence-corrected chi connectivity index (χ3v) is 5.88. The zero-order valence-corrected chi connectivity index (χ0v) is 17.2. The molecule has 0 aliphatic carbocycles. The Labute approximate surface area is 164 Å². The van der Waals surface area contributed by atoms with Gasteiger partial charge in [0.25, 0.3) is 0 Å². The summed E-state index contributed by atoms with van der Waals surface area (Å²) in [6.45, 7) is 8.55. The Morgan fingerprint density at radius 2 is 1.41 bits per heavy atom. The molecule has 2 heteroatoms. The van der Waals surface area contributed by atoms with Gasteiger partial charge >= 0.3 is 5.97 Å². The molecule has 0 fully saturated rings. The van der Waals surface area contributed by atoms with Crippen molar-refractivity contribution in [2.45, 2.75) is 53.4 Å². The van der Waals surface area contributed by atoms with Crippen LogP contribution in [-0.2, 0) is 17.6 Å². The molecular weight excluding hydrogens is 332 g/mol. The molecule has 0 amide bonds. The van der Waals surface area contributed by atoms with E-state index >= 15 is 0 Å². The molecule has 0 saturated carbocycles. The van der Waals surface area contributed by atoms with Crippen LogP contribution >= 0.6 is 0 Å². The quantitative estimate of drug-likeness (QED) is 0.539. The van der Waals surface area contributed by atoms with Crippen molar-refractivity contribution >= 4 is 5.97 Å². The maximum absolute atomic E-state index is 12.7. The number of benzene rings is 2. The number of aliphatic carboxylic acids is 1. The van der Waals surface area contributed by atoms with Gasteiger partial charge in [0.05, 0.1) is 5.41 Å². The lowest BCUT2D eigenvalue weighted by atomic mass is 9.61. The molecule has 0 radical (unpaired) electrons. The molecule has 0 spiro atoms. The van der Waals surface area contributed by atoms with Gasteiger partial charge in [0.1, 0.15) is 0 Å². The van der Waals surface area contributed by atoms with Gasteiger partial charge < -0.3 is 5.11 Å². The summed E-state index contributed by atoms with van der Waals surface area (Å²) in [6.07, 6.45) is 3.35. The Bertz CT molecular complexity index is 691. The number of hydrogen-bond donors (Lipinski definition) is 1. The second-order valence-electron chi connectivity index (χ2n) is 8.51. The highest BCUT2D eigenvalue weighted by molar-refractivity contribution is 5.76. The second-order valence-corrected chi connectivity index (χ2v) is 8.51. The number of carboxylic acids is 1. The molecule has 2 aromatic rings. The minimum Gasteiger partial charge on any atom is -0.481 e. The average Bonchev–Trinajstić information content (AvgIpc) is 2.64. The monoisotopic (exact) mass is 366 g/mol. The van der Waals surface area contributed by atoms with E-state index in [2.05, 4.69) is 64.1 Å². The van der Waals surface area contributed by atoms with Crippen LogP contribution in [0.25, 0.3) is 0 Å². The van der Waals surface area contributed by atoms with Crippen molar-refractivity contribution in [3.63, 3.8) is 0 Å². The van der Waals surface area contributed by atoms with Crippen LogP contribution in [0.5, 0.6) is 0 Å². The fourth-order valence-electron chi connectivity index (χ4n) is 4.39. The van der Waals surface area contributed by atoms with E-state index in [1.54, 1.807) is 0 Å². The third-order valence-electron chi connectivity index (χ3n) is 5.88. The fourth-order valence-corrected chi connectivity index (χ4v) is 4.39. The van der Waals surface area contributed by atoms with Crippen molar-refractivity contribution in [2.24, 2.45) is 23.2 Å². The summed E-state index contributed by atoms with van der Waals surface area (Å²) in [5.41, 5.74) is 1.65. The maximum atomic E-state index is 12.7. The van der Waals surface area contributed by atoms with Crippen LogP contribution in [0.2, 0.25) is 0 Å². The fraction of sp³-hybridized carbons (Fsp3) is 0.480. The Balaban J connectivity index is 2.37. The highest BCUT2D eigenvalue weighted by Gasteiger charge is 2.48. The topological polar surface area (TPSA) is 37.3 Å². The van der Waals surface area contributed by atoms with Gasteiger partial charge in [-0.2, -0.15) is 0 Å². The first-order chi connectivity index (χ1) is 12.9. The Morgan fingerprint density at radius 1 is 0.889 bits per heavy atom. The Kier molecular flexibility index (Phi) is 7.65. The lowest BCUT2D eigenvalue weighted by Gasteiger charge is -2.42. The Morgan fingerprint density at radius 3 is 1.85 bits per heavy atom. The van der Waals surface area contributed by atoms with Gasteiger partial charge in [-0.3, -0.25) is 4.79 Å². The smallest absolute Gasteiger partial charge is 0.310 e. The van der Waals surface area contributed by atoms with Crippen LogP contribution in [0.1, 0.15) is 51.7 Å². The summed E-state index contributed by atoms with van der Waals surface area (Å²) in [5, 5.41) is 10.4. The maximum Gasteiger partial charge on any atom is 0.310 e. The molecule has 0 heterocycles. The van der Waals surface area contributed by atoms with E-state index in [0.29, 0.717) is 12.3 Å². The molecule has 146 valence electrons. The summed E-state index contributed by atoms with van der Waals surface area (Å²) >= 11 is 0. The minimum atomic E-state index is -0.750. The molecular formula is C25H34O2. The minimum absolute atomic E-state index is 0.0646. The van der Waals surface area contributed by atoms with Crippen LogP contribution in [0, 0.1) is 23.2 Å². The van der Waals surface area contributed by atoms with Gasteiger partial charge in [0.2, 0.25) is 0 Å². The van der Waals surface area contributed by atoms with Crippen LogP contribution in [0.4, 0.5) is 0 Å². The van der Waals surface area contributed by atoms with Gasteiger partial charge in [0, 0.05) is 0 Å². The first-order valence-corrected chi connectivity index (χ1v) is 10.2. The van der Waals surface area contributed by atoms with Crippen LogP contribution in [0.15, 0.2) is 60.7 Å². The lowest BCUT2D eigenvalue weighted by molar-refractivity contribution is -0.157. The molecule has 2 unspecified atom stereocenters. The normalized spacial score (nSPS) is 14.9. The summed E-state index contributed by atoms with van der Waals surface area (Å²) < 4.78 is 0. The van der Waals surface area contributed by atoms with Gasteiger partial charge in [-0.1, -0.05) is 88.4 Å². The van der Waals surface area contributed by atoms with Crippen LogP contribution < -0.4 is 0 Å². The number of rotatable bonds is 10. The number of carbonyl (C=O) groups is 1. The number of hydrogen-bond acceptors (Lipinski definition) is 1. The largest absolute Gasteiger partial charge is 0.481 e. The van der Waals surface area contributed by atoms with E-state index < -0.39 is 11.4 Å². The highest BCUT2D eigenvalue weighted by Crippen LogP contribution is 2.45. The number of carboxylic acid groups (broad SMARTS) is 1. The standard InChI is InChI=1S/C25H34O2/c1-19(2)17-23(16-15-21-11-7-5-8-12-21)25(20(3)4,24(26)27)18-22-13-9-6-10-14-22/h5-14,19-20,23H,15-18H2,1-4H3,(H,26,27). The first-order valence-electron chi connectivity index (χ1n) is 10.2. The first kappa shape index (κ1) is 21.2. The third kappa shape index (κ3) is 5.45. The van der Waals surface area contributed by atoms with E-state index in [1.165, 1.54) is 5.56 Å². The number of aryl methyl sites for hydroxylation is 1. The van der Waals surface area contributed by atoms with E-state index in [9.17, 15) is 9.90 Å². The molecule has 2 atom stereocenters. The van der Waals surface area contributed by atoms with Crippen molar-refractivity contribution in [3.05, 3.63) is 71.8 Å². The molecule has 0 aliphatic heterocycles. The summed E-state index contributed by atoms with van der Waals surface area (Å²) in [4.78, 5) is 12.7. The van der Waals surface area contributed by atoms with Crippen LogP contribution in [-0.4, -0.2) is 11.1 Å². The van der Waals surface area contributed by atoms with Crippen molar-refractivity contribution in [1.29, 1.82) is 0 Å². The molecule has 0 saturated heterocycles. The van der Waals surface area contributed by atoms with Crippen molar-refractivity contribution in [3.8, 4) is 0 Å². The zero-order valence-electron chi connectivity index (χ0n) is 17.2. The van der Waals surface area contributed by atoms with Gasteiger partial charge in [-0.25, -0.2) is 0 Å². The molecule has 27 heavy (non-hydrogen) atoms. The molecule has 2 rings (SSSR count). The highest BCUT2D eigenvalue weighted by atomic mass is 16.4. The molecule has 0 bridgehead atoms. The van der Waals surface area contributed by atoms with Gasteiger partial charge in [-0.15, -0.1) is 0 Å². The second kappa shape index (κ2) is 9.73. The predicted molar refractivity (Wildman–Crippen MR) is 113 cm³/mol. The molecule has 0 aliphatic rings. The van der Waals surface area contributed by atoms with Crippen molar-refractivity contribution in [1.82, 2.24) is 0 Å². The van der Waals surface area contributed by atoms with E-state index in [0.717, 1.165) is 24.8 Å². The Hall–Kier alpha value is -2.09. The van der Waals surface area contributed by atoms with E-state index in [4.69, 9.17) is 0 Å². The summed E-state index contributed by atoms with van der Waals surface area (Å²) in [6, 6.07) is 20.5. The van der Waals surface area contributed by atoms with Crippen molar-refractivity contribution in [2.75, 3.05) is 0 Å². The summed E-state index contributed by atoms with van der Waals surface area (Å²) in [5.74, 6) is 0.0178. The molecule has 2 nitrogen and oxygen atoms in total. The van der Waals surface area contributed by atoms with Crippen LogP contribution in [0.3, 0.4) is 0 Å². The van der Waals surface area contributed by atoms with Crippen molar-refractivity contribution < 1.29 is 9.90 Å². The molecule has 2 aromatic carbocycles. The van der Waals surface area contributed by atoms with Gasteiger partial charge in [-0.05, 0) is 54.6 Å². The van der Waals surface area contributed by atoms with E-state index in [1.807, 2.05) is 24.3 Å². The lowest BCUT2D eigenvalue weighted by Crippen LogP contribution is -2.46. The molecule has 1 N–H and O–H groups in total. The average molecular weight is 367 g/mol.